The summed E-state index contributed by atoms with van der Waals surface area (Å²) in [5.74, 6) is -0.704. The van der Waals surface area contributed by atoms with Crippen molar-refractivity contribution in [2.75, 3.05) is 12.3 Å². The molecule has 25 heavy (non-hydrogen) atoms. The van der Waals surface area contributed by atoms with E-state index in [1.807, 2.05) is 6.07 Å². The lowest BCUT2D eigenvalue weighted by Crippen LogP contribution is -2.24. The molecule has 2 atom stereocenters. The number of aliphatic hydroxyl groups is 2. The molecule has 4 N–H and O–H groups in total. The van der Waals surface area contributed by atoms with E-state index in [1.54, 1.807) is 48.7 Å². The van der Waals surface area contributed by atoms with Gasteiger partial charge in [-0.15, -0.1) is 0 Å². The third-order valence-electron chi connectivity index (χ3n) is 4.28. The normalized spacial score (nSPS) is 13.5. The van der Waals surface area contributed by atoms with Crippen molar-refractivity contribution in [3.63, 3.8) is 0 Å². The fourth-order valence-electron chi connectivity index (χ4n) is 3.01. The Labute approximate surface area is 144 Å². The maximum atomic E-state index is 12.2. The number of aliphatic hydroxyl groups excluding tert-OH is 2. The van der Waals surface area contributed by atoms with E-state index in [-0.39, 0.29) is 12.0 Å². The summed E-state index contributed by atoms with van der Waals surface area (Å²) in [6.45, 7) is -0.411. The number of carbonyl (C=O) groups excluding carboxylic acids is 2. The van der Waals surface area contributed by atoms with Crippen LogP contribution in [0, 0.1) is 0 Å². The summed E-state index contributed by atoms with van der Waals surface area (Å²) >= 11 is 0. The molecule has 0 radical (unpaired) electrons. The van der Waals surface area contributed by atoms with E-state index in [4.69, 9.17) is 5.73 Å². The molecule has 0 aliphatic carbocycles. The van der Waals surface area contributed by atoms with Crippen LogP contribution < -0.4 is 5.73 Å². The number of Topliss-reactive ketones (excluding diaryl/α,β-unsaturated/α-hetero) is 1. The number of nitrogens with two attached hydrogens (primary N) is 1. The Morgan fingerprint density at radius 3 is 2.48 bits per heavy atom. The first-order valence-electron chi connectivity index (χ1n) is 7.80. The van der Waals surface area contributed by atoms with Crippen LogP contribution in [-0.4, -0.2) is 33.5 Å². The van der Waals surface area contributed by atoms with Crippen LogP contribution in [0.15, 0.2) is 54.7 Å². The number of anilines is 1. The van der Waals surface area contributed by atoms with Gasteiger partial charge in [-0.1, -0.05) is 36.4 Å². The van der Waals surface area contributed by atoms with E-state index < -0.39 is 24.5 Å². The molecule has 0 amide bonds. The second kappa shape index (κ2) is 6.88. The third kappa shape index (κ3) is 3.05. The highest BCUT2D eigenvalue weighted by Gasteiger charge is 2.27. The highest BCUT2D eigenvalue weighted by atomic mass is 16.3. The van der Waals surface area contributed by atoms with Gasteiger partial charge in [0.2, 0.25) is 5.78 Å². The van der Waals surface area contributed by atoms with E-state index in [9.17, 15) is 19.8 Å². The van der Waals surface area contributed by atoms with Gasteiger partial charge in [0, 0.05) is 22.7 Å². The zero-order valence-corrected chi connectivity index (χ0v) is 13.4. The number of aldehydes is 1. The minimum atomic E-state index is -1.08. The van der Waals surface area contributed by atoms with Crippen LogP contribution in [0.2, 0.25) is 0 Å². The summed E-state index contributed by atoms with van der Waals surface area (Å²) in [5.41, 5.74) is 6.92. The summed E-state index contributed by atoms with van der Waals surface area (Å²) in [7, 11) is 0. The SMILES string of the molecule is Nc1ccc(C(O)C(CO)n2cc3ccccc3c2C(=O)C=O)cc1. The fraction of sp³-hybridized carbons (Fsp3) is 0.158. The average molecular weight is 338 g/mol. The molecule has 0 bridgehead atoms. The zero-order valence-electron chi connectivity index (χ0n) is 13.4. The van der Waals surface area contributed by atoms with Crippen LogP contribution in [0.3, 0.4) is 0 Å². The molecule has 0 saturated carbocycles. The number of hydrogen-bond acceptors (Lipinski definition) is 5. The molecule has 2 aromatic carbocycles. The highest BCUT2D eigenvalue weighted by molar-refractivity contribution is 6.35. The van der Waals surface area contributed by atoms with Crippen molar-refractivity contribution in [3.05, 3.63) is 66.0 Å². The fourth-order valence-corrected chi connectivity index (χ4v) is 3.01. The Hall–Kier alpha value is -2.96. The molecule has 1 aromatic heterocycles. The zero-order chi connectivity index (χ0) is 18.0. The Morgan fingerprint density at radius 1 is 1.16 bits per heavy atom. The van der Waals surface area contributed by atoms with Gasteiger partial charge in [-0.2, -0.15) is 0 Å². The number of fused-ring (bicyclic) bond motifs is 1. The van der Waals surface area contributed by atoms with Gasteiger partial charge in [-0.3, -0.25) is 9.59 Å². The lowest BCUT2D eigenvalue weighted by atomic mass is 10.0. The van der Waals surface area contributed by atoms with E-state index in [2.05, 4.69) is 0 Å². The largest absolute Gasteiger partial charge is 0.399 e. The number of benzene rings is 2. The second-order valence-electron chi connectivity index (χ2n) is 5.82. The van der Waals surface area contributed by atoms with E-state index in [1.165, 1.54) is 4.57 Å². The molecule has 6 nitrogen and oxygen atoms in total. The number of hydrogen-bond donors (Lipinski definition) is 3. The van der Waals surface area contributed by atoms with Gasteiger partial charge in [-0.05, 0) is 17.7 Å². The Balaban J connectivity index is 2.13. The lowest BCUT2D eigenvalue weighted by Gasteiger charge is -2.24. The van der Waals surface area contributed by atoms with Gasteiger partial charge < -0.3 is 20.5 Å². The molecule has 128 valence electrons. The first kappa shape index (κ1) is 16.9. The maximum absolute atomic E-state index is 12.2. The molecule has 3 rings (SSSR count). The van der Waals surface area contributed by atoms with Crippen LogP contribution in [0.5, 0.6) is 0 Å². The number of nitrogens with zero attached hydrogens (tertiary/aromatic N) is 1. The van der Waals surface area contributed by atoms with Crippen molar-refractivity contribution in [1.29, 1.82) is 0 Å². The Morgan fingerprint density at radius 2 is 1.84 bits per heavy atom. The van der Waals surface area contributed by atoms with Crippen molar-refractivity contribution in [2.24, 2.45) is 0 Å². The van der Waals surface area contributed by atoms with E-state index in [0.29, 0.717) is 16.6 Å². The third-order valence-corrected chi connectivity index (χ3v) is 4.28. The van der Waals surface area contributed by atoms with Crippen LogP contribution in [0.1, 0.15) is 28.2 Å². The Bertz CT molecular complexity index is 915. The minimum absolute atomic E-state index is 0.152. The summed E-state index contributed by atoms with van der Waals surface area (Å²) in [6.07, 6.45) is 0.820. The maximum Gasteiger partial charge on any atom is 0.242 e. The molecule has 0 spiro atoms. The lowest BCUT2D eigenvalue weighted by molar-refractivity contribution is -0.104. The van der Waals surface area contributed by atoms with Crippen molar-refractivity contribution in [3.8, 4) is 0 Å². The quantitative estimate of drug-likeness (QED) is 0.275. The van der Waals surface area contributed by atoms with Gasteiger partial charge in [0.05, 0.1) is 12.6 Å². The standard InChI is InChI=1S/C19H18N2O4/c20-14-7-5-12(6-8-14)19(25)16(10-22)21-9-13-3-1-2-4-15(13)18(21)17(24)11-23/h1-9,11,16,19,22,25H,10,20H2. The molecule has 0 aliphatic rings. The van der Waals surface area contributed by atoms with E-state index in [0.717, 1.165) is 5.39 Å². The topological polar surface area (TPSA) is 106 Å². The molecule has 6 heteroatoms. The molecular weight excluding hydrogens is 320 g/mol. The Kier molecular flexibility index (Phi) is 4.65. The molecule has 1 heterocycles. The number of carbonyl (C=O) groups is 2. The van der Waals surface area contributed by atoms with Crippen LogP contribution in [0.25, 0.3) is 10.8 Å². The van der Waals surface area contributed by atoms with Crippen molar-refractivity contribution in [1.82, 2.24) is 4.57 Å². The van der Waals surface area contributed by atoms with Crippen molar-refractivity contribution in [2.45, 2.75) is 12.1 Å². The predicted molar refractivity (Wildman–Crippen MR) is 94.3 cm³/mol. The molecule has 0 fully saturated rings. The molecular formula is C19H18N2O4. The van der Waals surface area contributed by atoms with Gasteiger partial charge >= 0.3 is 0 Å². The van der Waals surface area contributed by atoms with Crippen LogP contribution >= 0.6 is 0 Å². The summed E-state index contributed by atoms with van der Waals surface area (Å²) < 4.78 is 1.47. The smallest absolute Gasteiger partial charge is 0.242 e. The van der Waals surface area contributed by atoms with Crippen molar-refractivity contribution >= 4 is 28.5 Å². The number of rotatable bonds is 6. The molecule has 0 saturated heterocycles. The summed E-state index contributed by atoms with van der Waals surface area (Å²) in [4.78, 5) is 23.3. The second-order valence-corrected chi connectivity index (χ2v) is 5.82. The predicted octanol–water partition coefficient (Wildman–Crippen LogP) is 1.87. The number of ketones is 1. The van der Waals surface area contributed by atoms with Gasteiger partial charge in [0.1, 0.15) is 11.8 Å². The molecule has 0 aliphatic heterocycles. The molecule has 2 unspecified atom stereocenters. The van der Waals surface area contributed by atoms with E-state index >= 15 is 0 Å². The van der Waals surface area contributed by atoms with Gasteiger partial charge in [0.15, 0.2) is 6.29 Å². The van der Waals surface area contributed by atoms with Crippen LogP contribution in [0.4, 0.5) is 5.69 Å². The number of nitrogen functional groups attached to an aromatic ring is 1. The summed E-state index contributed by atoms with van der Waals surface area (Å²) in [6, 6.07) is 12.9. The first-order valence-corrected chi connectivity index (χ1v) is 7.80. The first-order chi connectivity index (χ1) is 12.1. The van der Waals surface area contributed by atoms with Crippen LogP contribution in [-0.2, 0) is 4.79 Å². The minimum Gasteiger partial charge on any atom is -0.399 e. The monoisotopic (exact) mass is 338 g/mol. The van der Waals surface area contributed by atoms with Gasteiger partial charge in [0.25, 0.3) is 0 Å². The van der Waals surface area contributed by atoms with Crippen molar-refractivity contribution < 1.29 is 19.8 Å². The van der Waals surface area contributed by atoms with Gasteiger partial charge in [-0.25, -0.2) is 0 Å². The highest BCUT2D eigenvalue weighted by Crippen LogP contribution is 2.32. The summed E-state index contributed by atoms with van der Waals surface area (Å²) in [5, 5.41) is 21.9. The number of aromatic nitrogens is 1. The average Bonchev–Trinajstić information content (AvgIpc) is 3.01. The molecule has 3 aromatic rings.